The van der Waals surface area contributed by atoms with Crippen molar-refractivity contribution in [2.24, 2.45) is 0 Å². The average molecular weight is 302 g/mol. The van der Waals surface area contributed by atoms with E-state index >= 15 is 0 Å². The third-order valence-corrected chi connectivity index (χ3v) is 5.32. The lowest BCUT2D eigenvalue weighted by atomic mass is 9.84. The molecule has 1 spiro atoms. The van der Waals surface area contributed by atoms with Gasteiger partial charge in [0.15, 0.2) is 0 Å². The van der Waals surface area contributed by atoms with Gasteiger partial charge in [0, 0.05) is 37.3 Å². The molecule has 1 atom stereocenters. The Morgan fingerprint density at radius 2 is 2.16 bits per heavy atom. The number of thiophene rings is 1. The van der Waals surface area contributed by atoms with Gasteiger partial charge >= 0.3 is 0 Å². The van der Waals surface area contributed by atoms with Crippen LogP contribution >= 0.6 is 22.9 Å². The number of ether oxygens (including phenoxy) is 2. The molecule has 3 nitrogen and oxygen atoms in total. The van der Waals surface area contributed by atoms with Crippen LogP contribution in [-0.4, -0.2) is 31.5 Å². The molecule has 0 radical (unpaired) electrons. The number of hydrogen-bond donors (Lipinski definition) is 1. The summed E-state index contributed by atoms with van der Waals surface area (Å²) < 4.78 is 12.4. The molecule has 3 heterocycles. The Hall–Kier alpha value is -0.130. The van der Waals surface area contributed by atoms with Crippen molar-refractivity contribution >= 4 is 22.9 Å². The Morgan fingerprint density at radius 1 is 1.32 bits per heavy atom. The second kappa shape index (κ2) is 6.10. The number of halogens is 1. The molecule has 1 aromatic heterocycles. The molecule has 3 rings (SSSR count). The quantitative estimate of drug-likeness (QED) is 0.930. The zero-order chi connectivity index (χ0) is 13.1. The zero-order valence-corrected chi connectivity index (χ0v) is 12.6. The third-order valence-electron chi connectivity index (χ3n) is 4.09. The van der Waals surface area contributed by atoms with Crippen molar-refractivity contribution in [2.75, 3.05) is 19.8 Å². The molecule has 1 aromatic rings. The fourth-order valence-electron chi connectivity index (χ4n) is 2.99. The lowest BCUT2D eigenvalue weighted by molar-refractivity contribution is -0.140. The van der Waals surface area contributed by atoms with E-state index in [9.17, 15) is 0 Å². The first-order chi connectivity index (χ1) is 9.26. The first kappa shape index (κ1) is 13.8. The van der Waals surface area contributed by atoms with Gasteiger partial charge in [0.1, 0.15) is 0 Å². The normalized spacial score (nSPS) is 26.7. The average Bonchev–Trinajstić information content (AvgIpc) is 2.83. The van der Waals surface area contributed by atoms with Crippen LogP contribution in [0.1, 0.15) is 30.6 Å². The first-order valence-corrected chi connectivity index (χ1v) is 8.15. The SMILES string of the molecule is Clc1ccc(CNC2CCOC3(CCOCC3)C2)s1. The van der Waals surface area contributed by atoms with E-state index in [1.165, 1.54) is 4.88 Å². The maximum Gasteiger partial charge on any atom is 0.0931 e. The van der Waals surface area contributed by atoms with Gasteiger partial charge < -0.3 is 14.8 Å². The molecule has 0 amide bonds. The number of nitrogens with one attached hydrogen (secondary N) is 1. The highest BCUT2D eigenvalue weighted by atomic mass is 35.5. The van der Waals surface area contributed by atoms with Gasteiger partial charge in [0.05, 0.1) is 9.94 Å². The molecule has 19 heavy (non-hydrogen) atoms. The van der Waals surface area contributed by atoms with E-state index in [0.29, 0.717) is 6.04 Å². The monoisotopic (exact) mass is 301 g/mol. The Balaban J connectivity index is 1.53. The maximum absolute atomic E-state index is 6.05. The summed E-state index contributed by atoms with van der Waals surface area (Å²) in [6.07, 6.45) is 4.28. The van der Waals surface area contributed by atoms with E-state index in [-0.39, 0.29) is 5.60 Å². The van der Waals surface area contributed by atoms with Crippen molar-refractivity contribution < 1.29 is 9.47 Å². The molecule has 2 aliphatic heterocycles. The second-order valence-corrected chi connectivity index (χ2v) is 7.22. The van der Waals surface area contributed by atoms with E-state index in [2.05, 4.69) is 11.4 Å². The van der Waals surface area contributed by atoms with Gasteiger partial charge in [-0.2, -0.15) is 0 Å². The van der Waals surface area contributed by atoms with Crippen molar-refractivity contribution in [3.8, 4) is 0 Å². The molecule has 2 fully saturated rings. The minimum absolute atomic E-state index is 0.0707. The van der Waals surface area contributed by atoms with E-state index in [1.54, 1.807) is 11.3 Å². The van der Waals surface area contributed by atoms with E-state index in [0.717, 1.165) is 56.4 Å². The van der Waals surface area contributed by atoms with Crippen LogP contribution in [0.15, 0.2) is 12.1 Å². The van der Waals surface area contributed by atoms with Crippen LogP contribution in [0.4, 0.5) is 0 Å². The zero-order valence-electron chi connectivity index (χ0n) is 11.0. The molecule has 5 heteroatoms. The van der Waals surface area contributed by atoms with Gasteiger partial charge in [0.2, 0.25) is 0 Å². The van der Waals surface area contributed by atoms with Crippen molar-refractivity contribution in [1.29, 1.82) is 0 Å². The summed E-state index contributed by atoms with van der Waals surface area (Å²) in [6.45, 7) is 3.46. The van der Waals surface area contributed by atoms with Crippen molar-refractivity contribution in [3.63, 3.8) is 0 Å². The smallest absolute Gasteiger partial charge is 0.0931 e. The molecule has 0 bridgehead atoms. The molecule has 0 aliphatic carbocycles. The highest BCUT2D eigenvalue weighted by molar-refractivity contribution is 7.16. The summed E-state index contributed by atoms with van der Waals surface area (Å²) >= 11 is 7.61. The van der Waals surface area contributed by atoms with Crippen molar-refractivity contribution in [3.05, 3.63) is 21.3 Å². The molecular weight excluding hydrogens is 282 g/mol. The molecule has 1 unspecified atom stereocenters. The molecule has 106 valence electrons. The molecule has 2 saturated heterocycles. The fourth-order valence-corrected chi connectivity index (χ4v) is 4.02. The summed E-state index contributed by atoms with van der Waals surface area (Å²) in [6, 6.07) is 4.62. The standard InChI is InChI=1S/C14H20ClNO2S/c15-13-2-1-12(19-13)10-16-11-3-6-18-14(9-11)4-7-17-8-5-14/h1-2,11,16H,3-10H2. The van der Waals surface area contributed by atoms with Crippen molar-refractivity contribution in [1.82, 2.24) is 5.32 Å². The number of rotatable bonds is 3. The van der Waals surface area contributed by atoms with Crippen LogP contribution in [0, 0.1) is 0 Å². The highest BCUT2D eigenvalue weighted by Gasteiger charge is 2.38. The third kappa shape index (κ3) is 3.50. The molecular formula is C14H20ClNO2S. The lowest BCUT2D eigenvalue weighted by Gasteiger charge is -2.43. The van der Waals surface area contributed by atoms with E-state index in [1.807, 2.05) is 6.07 Å². The largest absolute Gasteiger partial charge is 0.381 e. The lowest BCUT2D eigenvalue weighted by Crippen LogP contribution is -2.49. The molecule has 1 N–H and O–H groups in total. The summed E-state index contributed by atoms with van der Waals surface area (Å²) in [5.74, 6) is 0. The minimum atomic E-state index is 0.0707. The van der Waals surface area contributed by atoms with Gasteiger partial charge in [-0.25, -0.2) is 0 Å². The summed E-state index contributed by atoms with van der Waals surface area (Å²) in [4.78, 5) is 1.30. The predicted octanol–water partition coefficient (Wildman–Crippen LogP) is 3.22. The molecule has 2 aliphatic rings. The summed E-state index contributed by atoms with van der Waals surface area (Å²) in [5.41, 5.74) is 0.0707. The summed E-state index contributed by atoms with van der Waals surface area (Å²) in [5, 5.41) is 3.65. The predicted molar refractivity (Wildman–Crippen MR) is 77.9 cm³/mol. The fraction of sp³-hybridized carbons (Fsp3) is 0.714. The Kier molecular flexibility index (Phi) is 4.44. The van der Waals surface area contributed by atoms with Crippen LogP contribution < -0.4 is 5.32 Å². The maximum atomic E-state index is 6.05. The highest BCUT2D eigenvalue weighted by Crippen LogP contribution is 2.34. The van der Waals surface area contributed by atoms with Crippen LogP contribution in [0.25, 0.3) is 0 Å². The molecule has 0 aromatic carbocycles. The van der Waals surface area contributed by atoms with Gasteiger partial charge in [0.25, 0.3) is 0 Å². The van der Waals surface area contributed by atoms with Gasteiger partial charge in [-0.3, -0.25) is 0 Å². The van der Waals surface area contributed by atoms with Gasteiger partial charge in [-0.05, 0) is 37.8 Å². The number of hydrogen-bond acceptors (Lipinski definition) is 4. The van der Waals surface area contributed by atoms with Gasteiger partial charge in [-0.1, -0.05) is 11.6 Å². The minimum Gasteiger partial charge on any atom is -0.381 e. The first-order valence-electron chi connectivity index (χ1n) is 6.95. The van der Waals surface area contributed by atoms with E-state index < -0.39 is 0 Å². The Bertz CT molecular complexity index is 412. The summed E-state index contributed by atoms with van der Waals surface area (Å²) in [7, 11) is 0. The van der Waals surface area contributed by atoms with Crippen molar-refractivity contribution in [2.45, 2.75) is 43.9 Å². The van der Waals surface area contributed by atoms with Crippen LogP contribution in [0.3, 0.4) is 0 Å². The molecule has 0 saturated carbocycles. The topological polar surface area (TPSA) is 30.5 Å². The van der Waals surface area contributed by atoms with Crippen LogP contribution in [0.5, 0.6) is 0 Å². The van der Waals surface area contributed by atoms with Crippen LogP contribution in [-0.2, 0) is 16.0 Å². The van der Waals surface area contributed by atoms with E-state index in [4.69, 9.17) is 21.1 Å². The Labute approximate surface area is 123 Å². The van der Waals surface area contributed by atoms with Crippen LogP contribution in [0.2, 0.25) is 4.34 Å². The Morgan fingerprint density at radius 3 is 2.89 bits per heavy atom. The van der Waals surface area contributed by atoms with Gasteiger partial charge in [-0.15, -0.1) is 11.3 Å². The second-order valence-electron chi connectivity index (χ2n) is 5.42.